The Kier molecular flexibility index (Phi) is 4.55. The molecule has 0 aromatic heterocycles. The predicted molar refractivity (Wildman–Crippen MR) is 67.8 cm³/mol. The SMILES string of the molecule is COC(=O)C(=CN(C)C)c1ccc(Br)cc1. The molecule has 4 heteroatoms. The van der Waals surface area contributed by atoms with E-state index in [1.54, 1.807) is 6.20 Å². The van der Waals surface area contributed by atoms with Gasteiger partial charge in [-0.05, 0) is 17.7 Å². The van der Waals surface area contributed by atoms with Gasteiger partial charge in [-0.3, -0.25) is 0 Å². The van der Waals surface area contributed by atoms with E-state index in [2.05, 4.69) is 15.9 Å². The molecule has 1 rings (SSSR count). The summed E-state index contributed by atoms with van der Waals surface area (Å²) in [7, 11) is 5.11. The van der Waals surface area contributed by atoms with Gasteiger partial charge in [0.25, 0.3) is 0 Å². The van der Waals surface area contributed by atoms with Crippen LogP contribution >= 0.6 is 15.9 Å². The number of nitrogens with zero attached hydrogens (tertiary/aromatic N) is 1. The molecule has 0 amide bonds. The van der Waals surface area contributed by atoms with Gasteiger partial charge in [0.2, 0.25) is 0 Å². The Bertz CT molecular complexity index is 396. The van der Waals surface area contributed by atoms with Gasteiger partial charge in [0.15, 0.2) is 0 Å². The molecule has 0 aliphatic carbocycles. The highest BCUT2D eigenvalue weighted by atomic mass is 79.9. The molecule has 0 unspecified atom stereocenters. The zero-order valence-electron chi connectivity index (χ0n) is 9.53. The fourth-order valence-corrected chi connectivity index (χ4v) is 1.51. The molecule has 0 bridgehead atoms. The molecular formula is C12H14BrNO2. The third-order valence-electron chi connectivity index (χ3n) is 1.95. The molecule has 0 saturated heterocycles. The minimum absolute atomic E-state index is 0.337. The Labute approximate surface area is 104 Å². The summed E-state index contributed by atoms with van der Waals surface area (Å²) < 4.78 is 5.73. The number of ether oxygens (including phenoxy) is 1. The molecular weight excluding hydrogens is 270 g/mol. The van der Waals surface area contributed by atoms with Gasteiger partial charge in [-0.25, -0.2) is 4.79 Å². The highest BCUT2D eigenvalue weighted by Crippen LogP contribution is 2.19. The highest BCUT2D eigenvalue weighted by molar-refractivity contribution is 9.10. The molecule has 1 aromatic rings. The zero-order chi connectivity index (χ0) is 12.1. The van der Waals surface area contributed by atoms with Crippen LogP contribution in [0.2, 0.25) is 0 Å². The smallest absolute Gasteiger partial charge is 0.339 e. The number of carbonyl (C=O) groups excluding carboxylic acids is 1. The predicted octanol–water partition coefficient (Wildman–Crippen LogP) is 2.52. The van der Waals surface area contributed by atoms with Crippen molar-refractivity contribution in [3.63, 3.8) is 0 Å². The second-order valence-electron chi connectivity index (χ2n) is 3.50. The van der Waals surface area contributed by atoms with E-state index in [0.717, 1.165) is 10.0 Å². The number of halogens is 1. The van der Waals surface area contributed by atoms with Crippen LogP contribution in [0.1, 0.15) is 5.56 Å². The van der Waals surface area contributed by atoms with Crippen LogP contribution in [-0.4, -0.2) is 32.1 Å². The highest BCUT2D eigenvalue weighted by Gasteiger charge is 2.12. The van der Waals surface area contributed by atoms with E-state index in [1.807, 2.05) is 43.3 Å². The van der Waals surface area contributed by atoms with Crippen molar-refractivity contribution in [2.24, 2.45) is 0 Å². The third kappa shape index (κ3) is 3.38. The van der Waals surface area contributed by atoms with Crippen LogP contribution in [-0.2, 0) is 9.53 Å². The lowest BCUT2D eigenvalue weighted by Gasteiger charge is -2.10. The number of esters is 1. The van der Waals surface area contributed by atoms with Gasteiger partial charge < -0.3 is 9.64 Å². The normalized spacial score (nSPS) is 11.1. The number of methoxy groups -OCH3 is 1. The first-order chi connectivity index (χ1) is 7.54. The van der Waals surface area contributed by atoms with E-state index in [1.165, 1.54) is 7.11 Å². The number of carbonyl (C=O) groups is 1. The minimum Gasteiger partial charge on any atom is -0.465 e. The van der Waals surface area contributed by atoms with Crippen molar-refractivity contribution in [1.29, 1.82) is 0 Å². The largest absolute Gasteiger partial charge is 0.465 e. The maximum Gasteiger partial charge on any atom is 0.339 e. The van der Waals surface area contributed by atoms with Gasteiger partial charge in [0.05, 0.1) is 12.7 Å². The Balaban J connectivity index is 3.11. The van der Waals surface area contributed by atoms with Gasteiger partial charge in [0.1, 0.15) is 0 Å². The standard InChI is InChI=1S/C12H14BrNO2/c1-14(2)8-11(12(15)16-3)9-4-6-10(13)7-5-9/h4-8H,1-3H3. The molecule has 16 heavy (non-hydrogen) atoms. The summed E-state index contributed by atoms with van der Waals surface area (Å²) in [6, 6.07) is 7.52. The molecule has 0 aliphatic rings. The van der Waals surface area contributed by atoms with Crippen LogP contribution in [0.4, 0.5) is 0 Å². The first-order valence-electron chi connectivity index (χ1n) is 4.77. The van der Waals surface area contributed by atoms with E-state index in [0.29, 0.717) is 5.57 Å². The monoisotopic (exact) mass is 283 g/mol. The number of hydrogen-bond acceptors (Lipinski definition) is 3. The lowest BCUT2D eigenvalue weighted by Crippen LogP contribution is -2.10. The van der Waals surface area contributed by atoms with Gasteiger partial charge in [0, 0.05) is 24.8 Å². The quantitative estimate of drug-likeness (QED) is 0.631. The van der Waals surface area contributed by atoms with E-state index in [4.69, 9.17) is 4.74 Å². The maximum absolute atomic E-state index is 11.6. The number of benzene rings is 1. The minimum atomic E-state index is -0.337. The van der Waals surface area contributed by atoms with Crippen molar-refractivity contribution >= 4 is 27.5 Å². The van der Waals surface area contributed by atoms with Gasteiger partial charge in [-0.1, -0.05) is 28.1 Å². The summed E-state index contributed by atoms with van der Waals surface area (Å²) in [5.74, 6) is -0.337. The molecule has 86 valence electrons. The van der Waals surface area contributed by atoms with E-state index in [-0.39, 0.29) is 5.97 Å². The topological polar surface area (TPSA) is 29.5 Å². The molecule has 0 N–H and O–H groups in total. The van der Waals surface area contributed by atoms with Crippen molar-refractivity contribution in [3.05, 3.63) is 40.5 Å². The Morgan fingerprint density at radius 3 is 2.31 bits per heavy atom. The third-order valence-corrected chi connectivity index (χ3v) is 2.48. The summed E-state index contributed by atoms with van der Waals surface area (Å²) in [5, 5.41) is 0. The number of hydrogen-bond donors (Lipinski definition) is 0. The fourth-order valence-electron chi connectivity index (χ4n) is 1.24. The molecule has 0 aliphatic heterocycles. The summed E-state index contributed by atoms with van der Waals surface area (Å²) >= 11 is 3.35. The van der Waals surface area contributed by atoms with Crippen LogP contribution in [0.25, 0.3) is 5.57 Å². The van der Waals surface area contributed by atoms with Crippen molar-refractivity contribution < 1.29 is 9.53 Å². The first-order valence-corrected chi connectivity index (χ1v) is 5.56. The van der Waals surface area contributed by atoms with Gasteiger partial charge in [-0.2, -0.15) is 0 Å². The Morgan fingerprint density at radius 1 is 1.31 bits per heavy atom. The lowest BCUT2D eigenvalue weighted by atomic mass is 10.1. The van der Waals surface area contributed by atoms with Crippen LogP contribution < -0.4 is 0 Å². The lowest BCUT2D eigenvalue weighted by molar-refractivity contribution is -0.133. The average Bonchev–Trinajstić information content (AvgIpc) is 2.26. The maximum atomic E-state index is 11.6. The molecule has 0 saturated carbocycles. The van der Waals surface area contributed by atoms with E-state index >= 15 is 0 Å². The van der Waals surface area contributed by atoms with Gasteiger partial charge in [-0.15, -0.1) is 0 Å². The van der Waals surface area contributed by atoms with E-state index < -0.39 is 0 Å². The molecule has 0 fully saturated rings. The average molecular weight is 284 g/mol. The second kappa shape index (κ2) is 5.70. The summed E-state index contributed by atoms with van der Waals surface area (Å²) in [6.07, 6.45) is 1.75. The Hall–Kier alpha value is -1.29. The van der Waals surface area contributed by atoms with Crippen LogP contribution in [0, 0.1) is 0 Å². The molecule has 0 spiro atoms. The molecule has 1 aromatic carbocycles. The van der Waals surface area contributed by atoms with Crippen molar-refractivity contribution in [3.8, 4) is 0 Å². The number of rotatable bonds is 3. The fraction of sp³-hybridized carbons (Fsp3) is 0.250. The summed E-state index contributed by atoms with van der Waals surface area (Å²) in [4.78, 5) is 13.4. The van der Waals surface area contributed by atoms with Crippen molar-refractivity contribution in [2.45, 2.75) is 0 Å². The van der Waals surface area contributed by atoms with Crippen LogP contribution in [0.3, 0.4) is 0 Å². The van der Waals surface area contributed by atoms with Crippen molar-refractivity contribution in [2.75, 3.05) is 21.2 Å². The molecule has 0 heterocycles. The van der Waals surface area contributed by atoms with Crippen molar-refractivity contribution in [1.82, 2.24) is 4.90 Å². The second-order valence-corrected chi connectivity index (χ2v) is 4.42. The molecule has 3 nitrogen and oxygen atoms in total. The van der Waals surface area contributed by atoms with Gasteiger partial charge >= 0.3 is 5.97 Å². The summed E-state index contributed by atoms with van der Waals surface area (Å²) in [6.45, 7) is 0. The molecule has 0 atom stereocenters. The van der Waals surface area contributed by atoms with Crippen LogP contribution in [0.15, 0.2) is 34.9 Å². The zero-order valence-corrected chi connectivity index (χ0v) is 11.1. The first kappa shape index (κ1) is 12.8. The summed E-state index contributed by atoms with van der Waals surface area (Å²) in [5.41, 5.74) is 1.38. The Morgan fingerprint density at radius 2 is 1.88 bits per heavy atom. The van der Waals surface area contributed by atoms with E-state index in [9.17, 15) is 4.79 Å². The van der Waals surface area contributed by atoms with Crippen LogP contribution in [0.5, 0.6) is 0 Å². The molecule has 0 radical (unpaired) electrons.